The molecule has 2 aromatic heterocycles. The molecule has 0 saturated carbocycles. The normalized spacial score (nSPS) is 10.6. The molecule has 1 amide bonds. The highest BCUT2D eigenvalue weighted by Crippen LogP contribution is 2.28. The molecular formula is C22H21N7O. The van der Waals surface area contributed by atoms with Crippen molar-refractivity contribution in [1.82, 2.24) is 19.7 Å². The SMILES string of the molecule is C=CC(=O)Nc1cccc(Nc2nc(Nc3cnn(C)c3)nc3ccc(C)cc23)c1. The van der Waals surface area contributed by atoms with Gasteiger partial charge in [-0.2, -0.15) is 10.1 Å². The van der Waals surface area contributed by atoms with Crippen LogP contribution in [0.5, 0.6) is 0 Å². The molecule has 0 bridgehead atoms. The fourth-order valence-corrected chi connectivity index (χ4v) is 3.01. The number of hydrogen-bond donors (Lipinski definition) is 3. The lowest BCUT2D eigenvalue weighted by Crippen LogP contribution is -2.07. The van der Waals surface area contributed by atoms with Gasteiger partial charge in [0.15, 0.2) is 0 Å². The van der Waals surface area contributed by atoms with Crippen LogP contribution in [0.4, 0.5) is 28.8 Å². The largest absolute Gasteiger partial charge is 0.339 e. The molecule has 2 heterocycles. The molecule has 4 rings (SSSR count). The van der Waals surface area contributed by atoms with Crippen LogP contribution in [0, 0.1) is 6.92 Å². The zero-order valence-electron chi connectivity index (χ0n) is 16.7. The summed E-state index contributed by atoms with van der Waals surface area (Å²) >= 11 is 0. The minimum Gasteiger partial charge on any atom is -0.339 e. The molecule has 0 atom stereocenters. The summed E-state index contributed by atoms with van der Waals surface area (Å²) in [6, 6.07) is 13.4. The summed E-state index contributed by atoms with van der Waals surface area (Å²) in [5.41, 5.74) is 4.15. The van der Waals surface area contributed by atoms with Gasteiger partial charge in [-0.05, 0) is 43.3 Å². The summed E-state index contributed by atoms with van der Waals surface area (Å²) in [5.74, 6) is 0.846. The standard InChI is InChI=1S/C22H21N7O/c1-4-20(30)24-15-6-5-7-16(11-15)25-21-18-10-14(2)8-9-19(18)27-22(28-21)26-17-12-23-29(3)13-17/h4-13H,1H2,2-3H3,(H,24,30)(H2,25,26,27,28). The van der Waals surface area contributed by atoms with E-state index in [2.05, 4.69) is 37.6 Å². The van der Waals surface area contributed by atoms with Gasteiger partial charge in [-0.15, -0.1) is 0 Å². The number of rotatable bonds is 6. The third kappa shape index (κ3) is 4.27. The Morgan fingerprint density at radius 1 is 1.07 bits per heavy atom. The molecule has 0 aliphatic heterocycles. The van der Waals surface area contributed by atoms with Crippen molar-refractivity contribution in [2.24, 2.45) is 7.05 Å². The highest BCUT2D eigenvalue weighted by molar-refractivity contribution is 5.99. The highest BCUT2D eigenvalue weighted by Gasteiger charge is 2.10. The maximum absolute atomic E-state index is 11.6. The van der Waals surface area contributed by atoms with Crippen LogP contribution in [0.1, 0.15) is 5.56 Å². The number of aryl methyl sites for hydroxylation is 2. The molecule has 0 fully saturated rings. The van der Waals surface area contributed by atoms with Crippen LogP contribution in [0.2, 0.25) is 0 Å². The van der Waals surface area contributed by atoms with E-state index in [-0.39, 0.29) is 5.91 Å². The number of fused-ring (bicyclic) bond motifs is 1. The second kappa shape index (κ2) is 8.04. The minimum absolute atomic E-state index is 0.266. The monoisotopic (exact) mass is 399 g/mol. The number of carbonyl (C=O) groups is 1. The summed E-state index contributed by atoms with van der Waals surface area (Å²) in [4.78, 5) is 20.9. The van der Waals surface area contributed by atoms with Gasteiger partial charge in [0, 0.05) is 30.0 Å². The van der Waals surface area contributed by atoms with Crippen LogP contribution in [-0.2, 0) is 11.8 Å². The smallest absolute Gasteiger partial charge is 0.247 e. The summed E-state index contributed by atoms with van der Waals surface area (Å²) in [7, 11) is 1.85. The average Bonchev–Trinajstić information content (AvgIpc) is 3.13. The third-order valence-electron chi connectivity index (χ3n) is 4.39. The molecule has 0 radical (unpaired) electrons. The van der Waals surface area contributed by atoms with E-state index in [0.717, 1.165) is 27.8 Å². The topological polar surface area (TPSA) is 96.8 Å². The van der Waals surface area contributed by atoms with E-state index < -0.39 is 0 Å². The van der Waals surface area contributed by atoms with Crippen molar-refractivity contribution in [3.8, 4) is 0 Å². The van der Waals surface area contributed by atoms with E-state index >= 15 is 0 Å². The Hall–Kier alpha value is -4.20. The van der Waals surface area contributed by atoms with Gasteiger partial charge in [-0.3, -0.25) is 9.48 Å². The zero-order chi connectivity index (χ0) is 21.1. The van der Waals surface area contributed by atoms with Crippen molar-refractivity contribution in [1.29, 1.82) is 0 Å². The van der Waals surface area contributed by atoms with Gasteiger partial charge >= 0.3 is 0 Å². The molecule has 8 heteroatoms. The molecule has 8 nitrogen and oxygen atoms in total. The number of benzene rings is 2. The van der Waals surface area contributed by atoms with Crippen LogP contribution < -0.4 is 16.0 Å². The maximum Gasteiger partial charge on any atom is 0.247 e. The summed E-state index contributed by atoms with van der Waals surface area (Å²) in [5, 5.41) is 14.4. The van der Waals surface area contributed by atoms with Gasteiger partial charge in [0.25, 0.3) is 0 Å². The highest BCUT2D eigenvalue weighted by atomic mass is 16.1. The summed E-state index contributed by atoms with van der Waals surface area (Å²) < 4.78 is 1.70. The molecular weight excluding hydrogens is 378 g/mol. The van der Waals surface area contributed by atoms with Gasteiger partial charge in [0.2, 0.25) is 11.9 Å². The number of amides is 1. The van der Waals surface area contributed by atoms with Crippen LogP contribution in [0.25, 0.3) is 10.9 Å². The first kappa shape index (κ1) is 19.1. The number of carbonyl (C=O) groups excluding carboxylic acids is 1. The number of hydrogen-bond acceptors (Lipinski definition) is 6. The quantitative estimate of drug-likeness (QED) is 0.419. The predicted octanol–water partition coefficient (Wildman–Crippen LogP) is 4.28. The lowest BCUT2D eigenvalue weighted by atomic mass is 10.1. The third-order valence-corrected chi connectivity index (χ3v) is 4.39. The molecule has 0 aliphatic rings. The molecule has 4 aromatic rings. The van der Waals surface area contributed by atoms with E-state index in [1.165, 1.54) is 6.08 Å². The molecule has 30 heavy (non-hydrogen) atoms. The Balaban J connectivity index is 1.71. The van der Waals surface area contributed by atoms with E-state index in [4.69, 9.17) is 0 Å². The number of aromatic nitrogens is 4. The van der Waals surface area contributed by atoms with E-state index in [1.54, 1.807) is 10.9 Å². The fraction of sp³-hybridized carbons (Fsp3) is 0.0909. The van der Waals surface area contributed by atoms with Gasteiger partial charge < -0.3 is 16.0 Å². The number of nitrogens with one attached hydrogen (secondary N) is 3. The fourth-order valence-electron chi connectivity index (χ4n) is 3.01. The Kier molecular flexibility index (Phi) is 5.13. The van der Waals surface area contributed by atoms with Crippen LogP contribution in [0.15, 0.2) is 67.5 Å². The van der Waals surface area contributed by atoms with Crippen molar-refractivity contribution in [2.75, 3.05) is 16.0 Å². The van der Waals surface area contributed by atoms with Crippen LogP contribution >= 0.6 is 0 Å². The first-order valence-electron chi connectivity index (χ1n) is 9.35. The molecule has 3 N–H and O–H groups in total. The van der Waals surface area contributed by atoms with Crippen LogP contribution in [-0.4, -0.2) is 25.7 Å². The van der Waals surface area contributed by atoms with Gasteiger partial charge in [0.1, 0.15) is 5.82 Å². The summed E-state index contributed by atoms with van der Waals surface area (Å²) in [6.07, 6.45) is 4.79. The minimum atomic E-state index is -0.266. The lowest BCUT2D eigenvalue weighted by Gasteiger charge is -2.13. The second-order valence-corrected chi connectivity index (χ2v) is 6.84. The van der Waals surface area contributed by atoms with Crippen molar-refractivity contribution in [3.63, 3.8) is 0 Å². The van der Waals surface area contributed by atoms with Gasteiger partial charge in [0.05, 0.1) is 17.4 Å². The van der Waals surface area contributed by atoms with Crippen molar-refractivity contribution >= 4 is 45.6 Å². The van der Waals surface area contributed by atoms with Gasteiger partial charge in [-0.25, -0.2) is 4.98 Å². The molecule has 0 unspecified atom stereocenters. The lowest BCUT2D eigenvalue weighted by molar-refractivity contribution is -0.111. The van der Waals surface area contributed by atoms with E-state index in [9.17, 15) is 4.79 Å². The molecule has 2 aromatic carbocycles. The Morgan fingerprint density at radius 3 is 2.67 bits per heavy atom. The molecule has 0 aliphatic carbocycles. The van der Waals surface area contributed by atoms with E-state index in [1.807, 2.05) is 62.6 Å². The van der Waals surface area contributed by atoms with Crippen molar-refractivity contribution in [2.45, 2.75) is 6.92 Å². The first-order valence-corrected chi connectivity index (χ1v) is 9.35. The maximum atomic E-state index is 11.6. The zero-order valence-corrected chi connectivity index (χ0v) is 16.7. The summed E-state index contributed by atoms with van der Waals surface area (Å²) in [6.45, 7) is 5.50. The van der Waals surface area contributed by atoms with Crippen LogP contribution in [0.3, 0.4) is 0 Å². The Labute approximate surface area is 173 Å². The van der Waals surface area contributed by atoms with E-state index in [0.29, 0.717) is 17.5 Å². The first-order chi connectivity index (χ1) is 14.5. The van der Waals surface area contributed by atoms with Crippen molar-refractivity contribution < 1.29 is 4.79 Å². The Bertz CT molecular complexity index is 1250. The molecule has 0 saturated heterocycles. The molecule has 150 valence electrons. The van der Waals surface area contributed by atoms with Gasteiger partial charge in [-0.1, -0.05) is 24.3 Å². The predicted molar refractivity (Wildman–Crippen MR) is 119 cm³/mol. The number of nitrogens with zero attached hydrogens (tertiary/aromatic N) is 4. The average molecular weight is 399 g/mol. The van der Waals surface area contributed by atoms with Crippen molar-refractivity contribution in [3.05, 3.63) is 73.1 Å². The molecule has 0 spiro atoms. The Morgan fingerprint density at radius 2 is 1.90 bits per heavy atom. The number of anilines is 5. The second-order valence-electron chi connectivity index (χ2n) is 6.84.